The maximum Gasteiger partial charge on any atom is 0.339 e. The van der Waals surface area contributed by atoms with Crippen molar-refractivity contribution in [2.45, 2.75) is 0 Å². The summed E-state index contributed by atoms with van der Waals surface area (Å²) in [4.78, 5) is 35.7. The van der Waals surface area contributed by atoms with Crippen LogP contribution in [0.5, 0.6) is 0 Å². The van der Waals surface area contributed by atoms with Crippen molar-refractivity contribution in [3.8, 4) is 0 Å². The molecule has 0 saturated heterocycles. The van der Waals surface area contributed by atoms with Gasteiger partial charge < -0.3 is 14.8 Å². The van der Waals surface area contributed by atoms with Crippen LogP contribution in [0.1, 0.15) is 26.3 Å². The van der Waals surface area contributed by atoms with Gasteiger partial charge in [-0.1, -0.05) is 23.7 Å². The number of amides is 1. The number of hydrogen-bond donors (Lipinski definition) is 1. The Morgan fingerprint density at radius 2 is 1.62 bits per heavy atom. The smallest absolute Gasteiger partial charge is 0.339 e. The minimum atomic E-state index is -0.640. The molecule has 0 radical (unpaired) electrons. The summed E-state index contributed by atoms with van der Waals surface area (Å²) in [5, 5.41) is 3.16. The first-order valence-corrected chi connectivity index (χ1v) is 7.87. The second kappa shape index (κ2) is 8.82. The van der Waals surface area contributed by atoms with E-state index in [2.05, 4.69) is 14.8 Å². The Morgan fingerprint density at radius 1 is 0.962 bits per heavy atom. The Balaban J connectivity index is 2.24. The van der Waals surface area contributed by atoms with Gasteiger partial charge in [0.25, 0.3) is 0 Å². The second-order valence-electron chi connectivity index (χ2n) is 5.12. The van der Waals surface area contributed by atoms with E-state index in [1.54, 1.807) is 30.3 Å². The van der Waals surface area contributed by atoms with E-state index in [1.807, 2.05) is 0 Å². The van der Waals surface area contributed by atoms with Gasteiger partial charge in [0.1, 0.15) is 0 Å². The third-order valence-electron chi connectivity index (χ3n) is 3.40. The van der Waals surface area contributed by atoms with Crippen molar-refractivity contribution in [2.75, 3.05) is 19.5 Å². The third kappa shape index (κ3) is 4.94. The minimum Gasteiger partial charge on any atom is -0.465 e. The molecule has 0 aromatic heterocycles. The summed E-state index contributed by atoms with van der Waals surface area (Å²) in [5.41, 5.74) is 1.23. The number of carbonyl (C=O) groups excluding carboxylic acids is 3. The van der Waals surface area contributed by atoms with Gasteiger partial charge in [0.15, 0.2) is 0 Å². The van der Waals surface area contributed by atoms with Crippen molar-refractivity contribution >= 4 is 41.2 Å². The number of ether oxygens (including phenoxy) is 2. The van der Waals surface area contributed by atoms with Crippen LogP contribution in [0.25, 0.3) is 6.08 Å². The molecule has 0 spiro atoms. The van der Waals surface area contributed by atoms with Crippen LogP contribution >= 0.6 is 11.6 Å². The van der Waals surface area contributed by atoms with Gasteiger partial charge in [0, 0.05) is 11.1 Å². The van der Waals surface area contributed by atoms with Crippen molar-refractivity contribution in [3.63, 3.8) is 0 Å². The summed E-state index contributed by atoms with van der Waals surface area (Å²) in [5.74, 6) is -1.71. The number of esters is 2. The molecule has 0 unspecified atom stereocenters. The number of hydrogen-bond acceptors (Lipinski definition) is 5. The average molecular weight is 374 g/mol. The maximum absolute atomic E-state index is 12.2. The van der Waals surface area contributed by atoms with Crippen LogP contribution in [0, 0.1) is 0 Å². The fraction of sp³-hybridized carbons (Fsp3) is 0.105. The lowest BCUT2D eigenvalue weighted by atomic mass is 10.1. The molecule has 26 heavy (non-hydrogen) atoms. The molecule has 1 N–H and O–H groups in total. The summed E-state index contributed by atoms with van der Waals surface area (Å²) >= 11 is 5.81. The lowest BCUT2D eigenvalue weighted by molar-refractivity contribution is -0.111. The largest absolute Gasteiger partial charge is 0.465 e. The average Bonchev–Trinajstić information content (AvgIpc) is 2.66. The van der Waals surface area contributed by atoms with Crippen LogP contribution < -0.4 is 5.32 Å². The lowest BCUT2D eigenvalue weighted by Gasteiger charge is -2.10. The zero-order valence-corrected chi connectivity index (χ0v) is 14.9. The van der Waals surface area contributed by atoms with Crippen LogP contribution in [0.2, 0.25) is 5.02 Å². The van der Waals surface area contributed by atoms with E-state index in [4.69, 9.17) is 11.6 Å². The highest BCUT2D eigenvalue weighted by Gasteiger charge is 2.16. The van der Waals surface area contributed by atoms with Gasteiger partial charge in [-0.05, 0) is 42.0 Å². The van der Waals surface area contributed by atoms with Crippen molar-refractivity contribution in [2.24, 2.45) is 0 Å². The molecule has 0 atom stereocenters. The van der Waals surface area contributed by atoms with Gasteiger partial charge in [-0.2, -0.15) is 0 Å². The number of methoxy groups -OCH3 is 2. The lowest BCUT2D eigenvalue weighted by Crippen LogP contribution is -2.14. The molecular weight excluding hydrogens is 358 g/mol. The predicted octanol–water partition coefficient (Wildman–Crippen LogP) is 3.57. The van der Waals surface area contributed by atoms with Crippen LogP contribution in [0.3, 0.4) is 0 Å². The van der Waals surface area contributed by atoms with Crippen LogP contribution in [0.4, 0.5) is 5.69 Å². The Morgan fingerprint density at radius 3 is 2.23 bits per heavy atom. The molecule has 0 fully saturated rings. The molecular formula is C19H16ClNO5. The molecule has 0 bridgehead atoms. The van der Waals surface area contributed by atoms with E-state index in [-0.39, 0.29) is 16.8 Å². The molecule has 2 rings (SSSR count). The first-order chi connectivity index (χ1) is 12.4. The Kier molecular flexibility index (Phi) is 6.52. The fourth-order valence-electron chi connectivity index (χ4n) is 2.10. The van der Waals surface area contributed by atoms with E-state index in [1.165, 1.54) is 38.5 Å². The molecule has 0 heterocycles. The molecule has 0 aliphatic carbocycles. The second-order valence-corrected chi connectivity index (χ2v) is 5.55. The summed E-state index contributed by atoms with van der Waals surface area (Å²) < 4.78 is 9.33. The van der Waals surface area contributed by atoms with Crippen molar-refractivity contribution in [1.29, 1.82) is 0 Å². The van der Waals surface area contributed by atoms with Crippen molar-refractivity contribution in [3.05, 3.63) is 70.3 Å². The Hall–Kier alpha value is -3.12. The van der Waals surface area contributed by atoms with Crippen LogP contribution in [0.15, 0.2) is 48.5 Å². The van der Waals surface area contributed by atoms with Crippen molar-refractivity contribution in [1.82, 2.24) is 0 Å². The van der Waals surface area contributed by atoms with Gasteiger partial charge in [0.05, 0.1) is 31.0 Å². The zero-order valence-electron chi connectivity index (χ0n) is 14.1. The third-order valence-corrected chi connectivity index (χ3v) is 3.65. The highest BCUT2D eigenvalue weighted by molar-refractivity contribution is 6.30. The maximum atomic E-state index is 12.2. The van der Waals surface area contributed by atoms with E-state index in [9.17, 15) is 14.4 Å². The normalized spacial score (nSPS) is 10.4. The van der Waals surface area contributed by atoms with Gasteiger partial charge in [0.2, 0.25) is 5.91 Å². The van der Waals surface area contributed by atoms with E-state index < -0.39 is 17.8 Å². The topological polar surface area (TPSA) is 81.7 Å². The molecule has 2 aromatic carbocycles. The first kappa shape index (κ1) is 19.2. The quantitative estimate of drug-likeness (QED) is 0.640. The van der Waals surface area contributed by atoms with Crippen LogP contribution in [-0.2, 0) is 14.3 Å². The Labute approximate surface area is 155 Å². The highest BCUT2D eigenvalue weighted by atomic mass is 35.5. The molecule has 0 saturated carbocycles. The first-order valence-electron chi connectivity index (χ1n) is 7.50. The number of benzene rings is 2. The van der Waals surface area contributed by atoms with Crippen molar-refractivity contribution < 1.29 is 23.9 Å². The summed E-state index contributed by atoms with van der Waals surface area (Å²) in [7, 11) is 2.46. The molecule has 1 amide bonds. The molecule has 0 aliphatic heterocycles. The van der Waals surface area contributed by atoms with Gasteiger partial charge in [-0.15, -0.1) is 0 Å². The number of rotatable bonds is 5. The Bertz CT molecular complexity index is 859. The monoisotopic (exact) mass is 373 g/mol. The van der Waals surface area contributed by atoms with E-state index in [0.717, 1.165) is 5.56 Å². The number of anilines is 1. The van der Waals surface area contributed by atoms with Gasteiger partial charge >= 0.3 is 11.9 Å². The SMILES string of the molecule is COC(=O)c1ccc(C(=O)OC)c(NC(=O)/C=C/c2ccc(Cl)cc2)c1. The predicted molar refractivity (Wildman–Crippen MR) is 98.2 cm³/mol. The number of halogens is 1. The minimum absolute atomic E-state index is 0.119. The summed E-state index contributed by atoms with van der Waals surface area (Å²) in [6.07, 6.45) is 2.89. The molecule has 134 valence electrons. The number of nitrogens with one attached hydrogen (secondary N) is 1. The fourth-order valence-corrected chi connectivity index (χ4v) is 2.23. The van der Waals surface area contributed by atoms with Gasteiger partial charge in [-0.25, -0.2) is 9.59 Å². The van der Waals surface area contributed by atoms with Gasteiger partial charge in [-0.3, -0.25) is 4.79 Å². The van der Waals surface area contributed by atoms with E-state index in [0.29, 0.717) is 5.02 Å². The molecule has 2 aromatic rings. The summed E-state index contributed by atoms with van der Waals surface area (Å²) in [6, 6.07) is 11.1. The molecule has 7 heteroatoms. The summed E-state index contributed by atoms with van der Waals surface area (Å²) in [6.45, 7) is 0. The standard InChI is InChI=1S/C19H16ClNO5/c1-25-18(23)13-6-9-15(19(24)26-2)16(11-13)21-17(22)10-5-12-3-7-14(20)8-4-12/h3-11H,1-2H3,(H,21,22)/b10-5+. The molecule has 0 aliphatic rings. The van der Waals surface area contributed by atoms with E-state index >= 15 is 0 Å². The number of carbonyl (C=O) groups is 3. The zero-order chi connectivity index (χ0) is 19.1. The highest BCUT2D eigenvalue weighted by Crippen LogP contribution is 2.20. The molecule has 6 nitrogen and oxygen atoms in total. The van der Waals surface area contributed by atoms with Crippen LogP contribution in [-0.4, -0.2) is 32.1 Å².